The number of hydrogen-bond acceptors (Lipinski definition) is 3. The van der Waals surface area contributed by atoms with E-state index in [0.717, 1.165) is 11.1 Å². The fourth-order valence-corrected chi connectivity index (χ4v) is 2.20. The Hall–Kier alpha value is -2.88. The summed E-state index contributed by atoms with van der Waals surface area (Å²) in [5.74, 6) is 0.405. The summed E-state index contributed by atoms with van der Waals surface area (Å²) in [5, 5.41) is 2.66. The van der Waals surface area contributed by atoms with Crippen LogP contribution in [-0.2, 0) is 4.79 Å². The number of anilines is 1. The van der Waals surface area contributed by atoms with Gasteiger partial charge in [0, 0.05) is 23.7 Å². The molecule has 2 rings (SSSR count). The molecule has 0 fully saturated rings. The van der Waals surface area contributed by atoms with Crippen molar-refractivity contribution in [3.63, 3.8) is 0 Å². The van der Waals surface area contributed by atoms with Gasteiger partial charge in [0.25, 0.3) is 0 Å². The monoisotopic (exact) mass is 309 g/mol. The number of methoxy groups -OCH3 is 1. The van der Waals surface area contributed by atoms with Crippen LogP contribution in [0.25, 0.3) is 6.08 Å². The van der Waals surface area contributed by atoms with Crippen LogP contribution in [0.15, 0.2) is 48.5 Å². The van der Waals surface area contributed by atoms with Crippen LogP contribution >= 0.6 is 0 Å². The average molecular weight is 309 g/mol. The van der Waals surface area contributed by atoms with Gasteiger partial charge in [-0.05, 0) is 43.3 Å². The number of rotatable bonds is 5. The van der Waals surface area contributed by atoms with Crippen LogP contribution in [-0.4, -0.2) is 18.8 Å². The van der Waals surface area contributed by atoms with Crippen molar-refractivity contribution < 1.29 is 14.3 Å². The lowest BCUT2D eigenvalue weighted by Gasteiger charge is -2.06. The first-order chi connectivity index (χ1) is 11.0. The van der Waals surface area contributed by atoms with E-state index in [0.29, 0.717) is 17.0 Å². The van der Waals surface area contributed by atoms with Crippen LogP contribution in [0.3, 0.4) is 0 Å². The molecule has 0 aliphatic carbocycles. The second kappa shape index (κ2) is 7.40. The first kappa shape index (κ1) is 16.5. The molecule has 0 saturated carbocycles. The quantitative estimate of drug-likeness (QED) is 0.674. The normalized spacial score (nSPS) is 10.6. The van der Waals surface area contributed by atoms with Crippen LogP contribution in [0, 0.1) is 6.92 Å². The Kier molecular flexibility index (Phi) is 5.31. The lowest BCUT2D eigenvalue weighted by Crippen LogP contribution is -2.06. The summed E-state index contributed by atoms with van der Waals surface area (Å²) >= 11 is 0. The van der Waals surface area contributed by atoms with Gasteiger partial charge in [-0.1, -0.05) is 23.8 Å². The number of carbonyl (C=O) groups excluding carboxylic acids is 2. The van der Waals surface area contributed by atoms with Crippen molar-refractivity contribution in [3.05, 3.63) is 65.2 Å². The first-order valence-electron chi connectivity index (χ1n) is 7.24. The van der Waals surface area contributed by atoms with E-state index in [1.165, 1.54) is 13.0 Å². The summed E-state index contributed by atoms with van der Waals surface area (Å²) in [6, 6.07) is 12.6. The number of benzene rings is 2. The van der Waals surface area contributed by atoms with Gasteiger partial charge in [-0.3, -0.25) is 9.59 Å². The van der Waals surface area contributed by atoms with Crippen molar-refractivity contribution >= 4 is 23.5 Å². The molecular formula is C19H19NO3. The molecule has 4 heteroatoms. The van der Waals surface area contributed by atoms with E-state index in [2.05, 4.69) is 5.32 Å². The third kappa shape index (κ3) is 4.54. The highest BCUT2D eigenvalue weighted by Crippen LogP contribution is 2.21. The summed E-state index contributed by atoms with van der Waals surface area (Å²) < 4.78 is 5.29. The van der Waals surface area contributed by atoms with Gasteiger partial charge in [0.2, 0.25) is 5.91 Å². The van der Waals surface area contributed by atoms with Gasteiger partial charge < -0.3 is 10.1 Å². The van der Waals surface area contributed by atoms with Gasteiger partial charge in [-0.2, -0.15) is 0 Å². The van der Waals surface area contributed by atoms with Crippen LogP contribution < -0.4 is 10.1 Å². The lowest BCUT2D eigenvalue weighted by molar-refractivity contribution is -0.114. The molecule has 1 N–H and O–H groups in total. The first-order valence-corrected chi connectivity index (χ1v) is 7.24. The largest absolute Gasteiger partial charge is 0.496 e. The van der Waals surface area contributed by atoms with Gasteiger partial charge in [-0.15, -0.1) is 0 Å². The number of allylic oxidation sites excluding steroid dienone is 1. The molecular weight excluding hydrogens is 290 g/mol. The molecule has 2 aromatic rings. The van der Waals surface area contributed by atoms with Gasteiger partial charge in [0.15, 0.2) is 5.78 Å². The minimum Gasteiger partial charge on any atom is -0.496 e. The molecule has 0 radical (unpaired) electrons. The van der Waals surface area contributed by atoms with Crippen molar-refractivity contribution in [2.24, 2.45) is 0 Å². The SMILES string of the molecule is COc1ccc(C)cc1/C=C/C(=O)c1cccc(NC(C)=O)c1. The van der Waals surface area contributed by atoms with Gasteiger partial charge in [0.05, 0.1) is 7.11 Å². The lowest BCUT2D eigenvalue weighted by atomic mass is 10.1. The molecule has 4 nitrogen and oxygen atoms in total. The zero-order valence-corrected chi connectivity index (χ0v) is 13.4. The summed E-state index contributed by atoms with van der Waals surface area (Å²) in [4.78, 5) is 23.4. The maximum absolute atomic E-state index is 12.3. The number of hydrogen-bond donors (Lipinski definition) is 1. The van der Waals surface area contributed by atoms with Crippen molar-refractivity contribution in [2.45, 2.75) is 13.8 Å². The average Bonchev–Trinajstić information content (AvgIpc) is 2.52. The molecule has 0 atom stereocenters. The molecule has 0 unspecified atom stereocenters. The van der Waals surface area contributed by atoms with E-state index >= 15 is 0 Å². The predicted octanol–water partition coefficient (Wildman–Crippen LogP) is 3.86. The minimum atomic E-state index is -0.172. The molecule has 2 aromatic carbocycles. The second-order valence-electron chi connectivity index (χ2n) is 5.20. The zero-order chi connectivity index (χ0) is 16.8. The summed E-state index contributed by atoms with van der Waals surface area (Å²) in [7, 11) is 1.60. The van der Waals surface area contributed by atoms with E-state index in [1.54, 1.807) is 37.5 Å². The molecule has 0 spiro atoms. The predicted molar refractivity (Wildman–Crippen MR) is 91.8 cm³/mol. The number of ether oxygens (including phenoxy) is 1. The van der Waals surface area contributed by atoms with Crippen LogP contribution in [0.2, 0.25) is 0 Å². The van der Waals surface area contributed by atoms with E-state index < -0.39 is 0 Å². The number of ketones is 1. The van der Waals surface area contributed by atoms with Gasteiger partial charge >= 0.3 is 0 Å². The molecule has 0 bridgehead atoms. The highest BCUT2D eigenvalue weighted by atomic mass is 16.5. The minimum absolute atomic E-state index is 0.138. The molecule has 0 aliphatic rings. The Bertz CT molecular complexity index is 763. The van der Waals surface area contributed by atoms with Crippen molar-refractivity contribution in [1.29, 1.82) is 0 Å². The number of amides is 1. The highest BCUT2D eigenvalue weighted by Gasteiger charge is 2.05. The Morgan fingerprint density at radius 3 is 2.61 bits per heavy atom. The zero-order valence-electron chi connectivity index (χ0n) is 13.4. The standard InChI is InChI=1S/C19H19NO3/c1-13-7-10-19(23-3)16(11-13)8-9-18(22)15-5-4-6-17(12-15)20-14(2)21/h4-12H,1-3H3,(H,20,21)/b9-8+. The maximum atomic E-state index is 12.3. The Labute approximate surface area is 135 Å². The van der Waals surface area contributed by atoms with Crippen molar-refractivity contribution in [1.82, 2.24) is 0 Å². The van der Waals surface area contributed by atoms with Crippen LogP contribution in [0.4, 0.5) is 5.69 Å². The van der Waals surface area contributed by atoms with E-state index in [-0.39, 0.29) is 11.7 Å². The van der Waals surface area contributed by atoms with E-state index in [1.807, 2.05) is 25.1 Å². The van der Waals surface area contributed by atoms with E-state index in [9.17, 15) is 9.59 Å². The smallest absolute Gasteiger partial charge is 0.221 e. The molecule has 23 heavy (non-hydrogen) atoms. The fourth-order valence-electron chi connectivity index (χ4n) is 2.20. The Balaban J connectivity index is 2.22. The van der Waals surface area contributed by atoms with E-state index in [4.69, 9.17) is 4.74 Å². The third-order valence-corrected chi connectivity index (χ3v) is 3.27. The summed E-state index contributed by atoms with van der Waals surface area (Å²) in [5.41, 5.74) is 3.05. The Morgan fingerprint density at radius 2 is 1.91 bits per heavy atom. The number of aryl methyl sites for hydroxylation is 1. The molecule has 0 aromatic heterocycles. The van der Waals surface area contributed by atoms with Crippen LogP contribution in [0.5, 0.6) is 5.75 Å². The summed E-state index contributed by atoms with van der Waals surface area (Å²) in [6.45, 7) is 3.41. The highest BCUT2D eigenvalue weighted by molar-refractivity contribution is 6.07. The fraction of sp³-hybridized carbons (Fsp3) is 0.158. The maximum Gasteiger partial charge on any atom is 0.221 e. The second-order valence-corrected chi connectivity index (χ2v) is 5.20. The molecule has 0 heterocycles. The number of carbonyl (C=O) groups is 2. The molecule has 0 aliphatic heterocycles. The topological polar surface area (TPSA) is 55.4 Å². The molecule has 1 amide bonds. The Morgan fingerprint density at radius 1 is 1.13 bits per heavy atom. The van der Waals surface area contributed by atoms with Crippen molar-refractivity contribution in [3.8, 4) is 5.75 Å². The van der Waals surface area contributed by atoms with Crippen molar-refractivity contribution in [2.75, 3.05) is 12.4 Å². The molecule has 0 saturated heterocycles. The number of nitrogens with one attached hydrogen (secondary N) is 1. The summed E-state index contributed by atoms with van der Waals surface area (Å²) in [6.07, 6.45) is 3.24. The molecule has 118 valence electrons. The van der Waals surface area contributed by atoms with Gasteiger partial charge in [0.1, 0.15) is 5.75 Å². The van der Waals surface area contributed by atoms with Gasteiger partial charge in [-0.25, -0.2) is 0 Å². The third-order valence-electron chi connectivity index (χ3n) is 3.27. The van der Waals surface area contributed by atoms with Crippen LogP contribution in [0.1, 0.15) is 28.4 Å².